The first-order valence-corrected chi connectivity index (χ1v) is 6.48. The Labute approximate surface area is 115 Å². The van der Waals surface area contributed by atoms with Crippen LogP contribution < -0.4 is 5.73 Å². The van der Waals surface area contributed by atoms with Gasteiger partial charge in [0.15, 0.2) is 0 Å². The lowest BCUT2D eigenvalue weighted by Crippen LogP contribution is -2.07. The van der Waals surface area contributed by atoms with E-state index < -0.39 is 5.97 Å². The van der Waals surface area contributed by atoms with Crippen molar-refractivity contribution in [1.29, 1.82) is 0 Å². The second-order valence-electron chi connectivity index (χ2n) is 4.14. The number of aryl methyl sites for hydroxylation is 2. The Morgan fingerprint density at radius 2 is 2.16 bits per heavy atom. The Kier molecular flexibility index (Phi) is 3.80. The van der Waals surface area contributed by atoms with Crippen LogP contribution in [0.5, 0.6) is 0 Å². The summed E-state index contributed by atoms with van der Waals surface area (Å²) in [6.45, 7) is 1.87. The monoisotopic (exact) mass is 277 g/mol. The van der Waals surface area contributed by atoms with Crippen molar-refractivity contribution < 1.29 is 9.53 Å². The molecule has 2 aromatic rings. The van der Waals surface area contributed by atoms with Gasteiger partial charge in [-0.25, -0.2) is 4.79 Å². The average Bonchev–Trinajstić information content (AvgIpc) is 2.78. The van der Waals surface area contributed by atoms with Gasteiger partial charge in [0, 0.05) is 23.8 Å². The highest BCUT2D eigenvalue weighted by atomic mass is 32.2. The van der Waals surface area contributed by atoms with Gasteiger partial charge in [0.2, 0.25) is 0 Å². The Morgan fingerprint density at radius 3 is 2.74 bits per heavy atom. The molecule has 2 rings (SSSR count). The molecule has 1 aromatic carbocycles. The van der Waals surface area contributed by atoms with Crippen molar-refractivity contribution in [3.05, 3.63) is 35.7 Å². The molecule has 0 unspecified atom stereocenters. The van der Waals surface area contributed by atoms with Crippen molar-refractivity contribution in [1.82, 2.24) is 9.78 Å². The maximum Gasteiger partial charge on any atom is 0.340 e. The molecule has 5 nitrogen and oxygen atoms in total. The first-order chi connectivity index (χ1) is 9.01. The molecule has 2 N–H and O–H groups in total. The van der Waals surface area contributed by atoms with Crippen LogP contribution in [0, 0.1) is 6.92 Å². The van der Waals surface area contributed by atoms with Gasteiger partial charge in [0.05, 0.1) is 23.8 Å². The summed E-state index contributed by atoms with van der Waals surface area (Å²) in [4.78, 5) is 13.6. The van der Waals surface area contributed by atoms with Crippen LogP contribution in [0.4, 0.5) is 5.69 Å². The molecule has 6 heteroatoms. The molecule has 0 bridgehead atoms. The van der Waals surface area contributed by atoms with Crippen molar-refractivity contribution in [3.63, 3.8) is 0 Å². The normalized spacial score (nSPS) is 10.5. The summed E-state index contributed by atoms with van der Waals surface area (Å²) in [6.07, 6.45) is 3.68. The Bertz CT molecular complexity index is 622. The highest BCUT2D eigenvalue weighted by molar-refractivity contribution is 7.99. The van der Waals surface area contributed by atoms with Crippen LogP contribution in [0.1, 0.15) is 15.9 Å². The molecular weight excluding hydrogens is 262 g/mol. The quantitative estimate of drug-likeness (QED) is 0.688. The Balaban J connectivity index is 2.36. The van der Waals surface area contributed by atoms with Crippen molar-refractivity contribution >= 4 is 23.4 Å². The second kappa shape index (κ2) is 5.36. The number of hydrogen-bond acceptors (Lipinski definition) is 5. The maximum atomic E-state index is 11.7. The first-order valence-electron chi connectivity index (χ1n) is 5.66. The number of rotatable bonds is 3. The van der Waals surface area contributed by atoms with Gasteiger partial charge in [-0.05, 0) is 24.6 Å². The summed E-state index contributed by atoms with van der Waals surface area (Å²) in [5.41, 5.74) is 7.61. The zero-order valence-corrected chi connectivity index (χ0v) is 11.8. The highest BCUT2D eigenvalue weighted by Crippen LogP contribution is 2.31. The van der Waals surface area contributed by atoms with Crippen LogP contribution in [0.2, 0.25) is 0 Å². The number of nitrogens with zero attached hydrogens (tertiary/aromatic N) is 2. The van der Waals surface area contributed by atoms with E-state index >= 15 is 0 Å². The number of nitrogen functional groups attached to an aromatic ring is 1. The fourth-order valence-electron chi connectivity index (χ4n) is 1.69. The number of carbonyl (C=O) groups is 1. The van der Waals surface area contributed by atoms with E-state index in [1.54, 1.807) is 16.9 Å². The predicted molar refractivity (Wildman–Crippen MR) is 74.3 cm³/mol. The highest BCUT2D eigenvalue weighted by Gasteiger charge is 2.14. The maximum absolute atomic E-state index is 11.7. The minimum Gasteiger partial charge on any atom is -0.465 e. The van der Waals surface area contributed by atoms with Crippen LogP contribution in [-0.4, -0.2) is 22.9 Å². The summed E-state index contributed by atoms with van der Waals surface area (Å²) >= 11 is 1.53. The Hall–Kier alpha value is -1.95. The topological polar surface area (TPSA) is 70.1 Å². The van der Waals surface area contributed by atoms with E-state index in [0.29, 0.717) is 11.3 Å². The van der Waals surface area contributed by atoms with Gasteiger partial charge < -0.3 is 10.5 Å². The zero-order chi connectivity index (χ0) is 14.0. The molecule has 0 radical (unpaired) electrons. The van der Waals surface area contributed by atoms with Crippen LogP contribution in [0.3, 0.4) is 0 Å². The van der Waals surface area contributed by atoms with E-state index in [9.17, 15) is 4.79 Å². The minimum absolute atomic E-state index is 0.397. The molecule has 1 heterocycles. The first kappa shape index (κ1) is 13.5. The summed E-state index contributed by atoms with van der Waals surface area (Å²) < 4.78 is 6.47. The number of hydrogen-bond donors (Lipinski definition) is 1. The number of ether oxygens (including phenoxy) is 1. The van der Waals surface area contributed by atoms with Crippen LogP contribution in [-0.2, 0) is 11.8 Å². The molecule has 0 atom stereocenters. The van der Waals surface area contributed by atoms with Crippen LogP contribution in [0.15, 0.2) is 34.3 Å². The van der Waals surface area contributed by atoms with Crippen molar-refractivity contribution in [2.24, 2.45) is 7.05 Å². The third-order valence-corrected chi connectivity index (χ3v) is 3.60. The summed E-state index contributed by atoms with van der Waals surface area (Å²) in [7, 11) is 3.20. The number of esters is 1. The molecule has 0 aliphatic heterocycles. The number of benzene rings is 1. The molecule has 0 saturated carbocycles. The fraction of sp³-hybridized carbons (Fsp3) is 0.231. The molecular formula is C13H15N3O2S. The SMILES string of the molecule is COC(=O)c1cc(Sc2cnn(C)c2)cc(C)c1N. The minimum atomic E-state index is -0.422. The van der Waals surface area contributed by atoms with E-state index in [2.05, 4.69) is 5.10 Å². The number of anilines is 1. The third-order valence-electron chi connectivity index (χ3n) is 2.68. The van der Waals surface area contributed by atoms with Gasteiger partial charge in [-0.2, -0.15) is 5.10 Å². The average molecular weight is 277 g/mol. The van der Waals surface area contributed by atoms with Crippen molar-refractivity contribution in [2.45, 2.75) is 16.7 Å². The zero-order valence-electron chi connectivity index (χ0n) is 11.0. The molecule has 19 heavy (non-hydrogen) atoms. The summed E-state index contributed by atoms with van der Waals surface area (Å²) in [6, 6.07) is 3.69. The number of methoxy groups -OCH3 is 1. The second-order valence-corrected chi connectivity index (χ2v) is 5.29. The Morgan fingerprint density at radius 1 is 1.42 bits per heavy atom. The number of carbonyl (C=O) groups excluding carboxylic acids is 1. The van der Waals surface area contributed by atoms with Crippen molar-refractivity contribution in [3.8, 4) is 0 Å². The van der Waals surface area contributed by atoms with Gasteiger partial charge in [0.1, 0.15) is 0 Å². The molecule has 0 saturated heterocycles. The van der Waals surface area contributed by atoms with Crippen LogP contribution >= 0.6 is 11.8 Å². The van der Waals surface area contributed by atoms with E-state index in [-0.39, 0.29) is 0 Å². The van der Waals surface area contributed by atoms with Gasteiger partial charge in [-0.1, -0.05) is 11.8 Å². The van der Waals surface area contributed by atoms with E-state index in [1.807, 2.05) is 26.2 Å². The fourth-order valence-corrected chi connectivity index (χ4v) is 2.68. The van der Waals surface area contributed by atoms with Gasteiger partial charge in [0.25, 0.3) is 0 Å². The lowest BCUT2D eigenvalue weighted by atomic mass is 10.1. The van der Waals surface area contributed by atoms with Crippen LogP contribution in [0.25, 0.3) is 0 Å². The summed E-state index contributed by atoms with van der Waals surface area (Å²) in [5, 5.41) is 4.11. The number of aromatic nitrogens is 2. The van der Waals surface area contributed by atoms with E-state index in [1.165, 1.54) is 18.9 Å². The third kappa shape index (κ3) is 2.90. The van der Waals surface area contributed by atoms with Gasteiger partial charge in [-0.15, -0.1) is 0 Å². The largest absolute Gasteiger partial charge is 0.465 e. The molecule has 0 aliphatic carbocycles. The van der Waals surface area contributed by atoms with E-state index in [4.69, 9.17) is 10.5 Å². The van der Waals surface area contributed by atoms with Crippen molar-refractivity contribution in [2.75, 3.05) is 12.8 Å². The predicted octanol–water partition coefficient (Wildman–Crippen LogP) is 2.25. The lowest BCUT2D eigenvalue weighted by molar-refractivity contribution is 0.0601. The van der Waals surface area contributed by atoms with Gasteiger partial charge >= 0.3 is 5.97 Å². The molecule has 100 valence electrons. The molecule has 0 amide bonds. The molecule has 0 aliphatic rings. The number of nitrogens with two attached hydrogens (primary N) is 1. The standard InChI is InChI=1S/C13H15N3O2S/c1-8-4-9(19-10-6-15-16(2)7-10)5-11(12(8)14)13(17)18-3/h4-7H,14H2,1-3H3. The molecule has 0 spiro atoms. The smallest absolute Gasteiger partial charge is 0.340 e. The molecule has 1 aromatic heterocycles. The van der Waals surface area contributed by atoms with E-state index in [0.717, 1.165) is 15.4 Å². The van der Waals surface area contributed by atoms with Gasteiger partial charge in [-0.3, -0.25) is 4.68 Å². The summed E-state index contributed by atoms with van der Waals surface area (Å²) in [5.74, 6) is -0.422. The molecule has 0 fully saturated rings. The lowest BCUT2D eigenvalue weighted by Gasteiger charge is -2.09.